The number of ether oxygens (including phenoxy) is 1. The van der Waals surface area contributed by atoms with E-state index >= 15 is 0 Å². The van der Waals surface area contributed by atoms with Gasteiger partial charge in [0.2, 0.25) is 0 Å². The zero-order chi connectivity index (χ0) is 16.3. The number of alkyl halides is 3. The van der Waals surface area contributed by atoms with E-state index in [9.17, 15) is 28.1 Å². The van der Waals surface area contributed by atoms with Crippen molar-refractivity contribution < 1.29 is 27.6 Å². The van der Waals surface area contributed by atoms with Crippen molar-refractivity contribution in [1.82, 2.24) is 0 Å². The molecule has 0 saturated carbocycles. The van der Waals surface area contributed by atoms with Gasteiger partial charge in [-0.25, -0.2) is 0 Å². The van der Waals surface area contributed by atoms with Crippen molar-refractivity contribution >= 4 is 12.0 Å². The average Bonchev–Trinajstić information content (AvgIpc) is 2.45. The largest absolute Gasteiger partial charge is 0.573 e. The second-order valence-corrected chi connectivity index (χ2v) is 4.22. The first-order valence-corrected chi connectivity index (χ1v) is 5.90. The SMILES string of the molecule is O=Cc1ccc(-c2ccc(OC(F)(F)F)cc2)c([N+](=O)[O-])c1. The van der Waals surface area contributed by atoms with Gasteiger partial charge in [-0.1, -0.05) is 18.2 Å². The first-order chi connectivity index (χ1) is 10.3. The Morgan fingerprint density at radius 3 is 2.23 bits per heavy atom. The molecule has 0 aliphatic heterocycles. The Morgan fingerprint density at radius 2 is 1.73 bits per heavy atom. The van der Waals surface area contributed by atoms with Gasteiger partial charge in [0.15, 0.2) is 0 Å². The molecule has 0 heterocycles. The molecular weight excluding hydrogens is 303 g/mol. The molecule has 0 aliphatic rings. The molecule has 0 amide bonds. The first-order valence-electron chi connectivity index (χ1n) is 5.90. The van der Waals surface area contributed by atoms with E-state index in [1.165, 1.54) is 24.3 Å². The van der Waals surface area contributed by atoms with Gasteiger partial charge in [-0.2, -0.15) is 0 Å². The summed E-state index contributed by atoms with van der Waals surface area (Å²) in [5, 5.41) is 11.0. The fourth-order valence-corrected chi connectivity index (χ4v) is 1.85. The van der Waals surface area contributed by atoms with Gasteiger partial charge in [-0.15, -0.1) is 13.2 Å². The molecule has 2 rings (SSSR count). The van der Waals surface area contributed by atoms with Gasteiger partial charge >= 0.3 is 6.36 Å². The van der Waals surface area contributed by atoms with Crippen molar-refractivity contribution in [1.29, 1.82) is 0 Å². The molecule has 5 nitrogen and oxygen atoms in total. The number of nitro groups is 1. The lowest BCUT2D eigenvalue weighted by atomic mass is 10.0. The van der Waals surface area contributed by atoms with Crippen LogP contribution in [0.1, 0.15) is 10.4 Å². The Kier molecular flexibility index (Phi) is 4.11. The van der Waals surface area contributed by atoms with Crippen molar-refractivity contribution in [3.63, 3.8) is 0 Å². The molecular formula is C14H8F3NO4. The molecule has 22 heavy (non-hydrogen) atoms. The highest BCUT2D eigenvalue weighted by Gasteiger charge is 2.31. The lowest BCUT2D eigenvalue weighted by Crippen LogP contribution is -2.16. The number of halogens is 3. The molecule has 0 saturated heterocycles. The number of nitro benzene ring substituents is 1. The average molecular weight is 311 g/mol. The summed E-state index contributed by atoms with van der Waals surface area (Å²) in [6.07, 6.45) is -4.34. The summed E-state index contributed by atoms with van der Waals surface area (Å²) in [4.78, 5) is 21.0. The van der Waals surface area contributed by atoms with E-state index in [4.69, 9.17) is 0 Å². The molecule has 0 unspecified atom stereocenters. The molecule has 0 spiro atoms. The molecule has 0 fully saturated rings. The summed E-state index contributed by atoms with van der Waals surface area (Å²) in [6, 6.07) is 8.49. The van der Waals surface area contributed by atoms with Gasteiger partial charge in [-0.3, -0.25) is 14.9 Å². The van der Waals surface area contributed by atoms with Crippen molar-refractivity contribution in [3.05, 3.63) is 58.1 Å². The summed E-state index contributed by atoms with van der Waals surface area (Å²) in [5.41, 5.74) is 0.342. The standard InChI is InChI=1S/C14H8F3NO4/c15-14(16,17)22-11-4-2-10(3-5-11)12-6-1-9(8-19)7-13(12)18(20)21/h1-8H. The van der Waals surface area contributed by atoms with Gasteiger partial charge in [-0.05, 0) is 23.8 Å². The van der Waals surface area contributed by atoms with E-state index in [0.29, 0.717) is 11.8 Å². The van der Waals surface area contributed by atoms with Crippen LogP contribution in [0, 0.1) is 10.1 Å². The molecule has 8 heteroatoms. The Balaban J connectivity index is 2.40. The third kappa shape index (κ3) is 3.60. The smallest absolute Gasteiger partial charge is 0.406 e. The zero-order valence-corrected chi connectivity index (χ0v) is 10.8. The van der Waals surface area contributed by atoms with Crippen LogP contribution in [0.2, 0.25) is 0 Å². The van der Waals surface area contributed by atoms with E-state index < -0.39 is 17.0 Å². The first kappa shape index (κ1) is 15.5. The Bertz CT molecular complexity index is 711. The Morgan fingerprint density at radius 1 is 1.09 bits per heavy atom. The molecule has 2 aromatic rings. The third-order valence-electron chi connectivity index (χ3n) is 2.75. The van der Waals surface area contributed by atoms with Crippen LogP contribution in [-0.2, 0) is 0 Å². The summed E-state index contributed by atoms with van der Waals surface area (Å²) in [5.74, 6) is -0.427. The van der Waals surface area contributed by atoms with Gasteiger partial charge in [0, 0.05) is 11.6 Å². The number of rotatable bonds is 4. The van der Waals surface area contributed by atoms with Gasteiger partial charge < -0.3 is 4.74 Å². The van der Waals surface area contributed by atoms with Crippen molar-refractivity contribution in [2.75, 3.05) is 0 Å². The number of aldehydes is 1. The van der Waals surface area contributed by atoms with Crippen LogP contribution in [0.25, 0.3) is 11.1 Å². The van der Waals surface area contributed by atoms with Crippen molar-refractivity contribution in [3.8, 4) is 16.9 Å². The molecule has 0 radical (unpaired) electrons. The van der Waals surface area contributed by atoms with Crippen LogP contribution in [0.5, 0.6) is 5.75 Å². The number of carbonyl (C=O) groups excluding carboxylic acids is 1. The van der Waals surface area contributed by atoms with Gasteiger partial charge in [0.25, 0.3) is 5.69 Å². The van der Waals surface area contributed by atoms with Crippen LogP contribution in [0.3, 0.4) is 0 Å². The molecule has 0 aliphatic carbocycles. The monoisotopic (exact) mass is 311 g/mol. The zero-order valence-electron chi connectivity index (χ0n) is 10.8. The van der Waals surface area contributed by atoms with E-state index in [2.05, 4.69) is 4.74 Å². The highest BCUT2D eigenvalue weighted by Crippen LogP contribution is 2.32. The maximum Gasteiger partial charge on any atom is 0.573 e. The lowest BCUT2D eigenvalue weighted by molar-refractivity contribution is -0.384. The molecule has 0 N–H and O–H groups in total. The summed E-state index contributed by atoms with van der Waals surface area (Å²) in [6.45, 7) is 0. The molecule has 0 bridgehead atoms. The van der Waals surface area contributed by atoms with E-state index in [0.717, 1.165) is 18.2 Å². The predicted octanol–water partition coefficient (Wildman–Crippen LogP) is 3.97. The number of nitrogens with zero attached hydrogens (tertiary/aromatic N) is 1. The molecule has 114 valence electrons. The van der Waals surface area contributed by atoms with E-state index in [1.54, 1.807) is 0 Å². The topological polar surface area (TPSA) is 69.4 Å². The minimum absolute atomic E-state index is 0.132. The second-order valence-electron chi connectivity index (χ2n) is 4.22. The minimum atomic E-state index is -4.81. The maximum absolute atomic E-state index is 12.1. The van der Waals surface area contributed by atoms with Crippen LogP contribution < -0.4 is 4.74 Å². The third-order valence-corrected chi connectivity index (χ3v) is 2.75. The minimum Gasteiger partial charge on any atom is -0.406 e. The van der Waals surface area contributed by atoms with Gasteiger partial charge in [0.05, 0.1) is 10.5 Å². The molecule has 0 aromatic heterocycles. The maximum atomic E-state index is 12.1. The number of benzene rings is 2. The number of carbonyl (C=O) groups is 1. The fourth-order valence-electron chi connectivity index (χ4n) is 1.85. The van der Waals surface area contributed by atoms with Gasteiger partial charge in [0.1, 0.15) is 12.0 Å². The Hall–Kier alpha value is -2.90. The van der Waals surface area contributed by atoms with Crippen LogP contribution in [0.4, 0.5) is 18.9 Å². The van der Waals surface area contributed by atoms with Crippen LogP contribution >= 0.6 is 0 Å². The predicted molar refractivity (Wildman–Crippen MR) is 70.6 cm³/mol. The van der Waals surface area contributed by atoms with Crippen molar-refractivity contribution in [2.45, 2.75) is 6.36 Å². The van der Waals surface area contributed by atoms with Crippen molar-refractivity contribution in [2.24, 2.45) is 0 Å². The fraction of sp³-hybridized carbons (Fsp3) is 0.0714. The van der Waals surface area contributed by atoms with E-state index in [-0.39, 0.29) is 16.8 Å². The Labute approximate surface area is 122 Å². The molecule has 2 aromatic carbocycles. The number of hydrogen-bond donors (Lipinski definition) is 0. The summed E-state index contributed by atoms with van der Waals surface area (Å²) in [7, 11) is 0. The quantitative estimate of drug-likeness (QED) is 0.486. The summed E-state index contributed by atoms with van der Waals surface area (Å²) >= 11 is 0. The van der Waals surface area contributed by atoms with E-state index in [1.807, 2.05) is 0 Å². The highest BCUT2D eigenvalue weighted by atomic mass is 19.4. The number of hydrogen-bond acceptors (Lipinski definition) is 4. The highest BCUT2D eigenvalue weighted by molar-refractivity contribution is 5.82. The van der Waals surface area contributed by atoms with Crippen LogP contribution in [-0.4, -0.2) is 17.6 Å². The second kappa shape index (κ2) is 5.84. The summed E-state index contributed by atoms with van der Waals surface area (Å²) < 4.78 is 39.9. The molecule has 0 atom stereocenters. The van der Waals surface area contributed by atoms with Crippen LogP contribution in [0.15, 0.2) is 42.5 Å². The lowest BCUT2D eigenvalue weighted by Gasteiger charge is -2.09. The normalized spacial score (nSPS) is 11.0.